The average Bonchev–Trinajstić information content (AvgIpc) is 2.17. The maximum absolute atomic E-state index is 11.8. The first-order valence-electron chi connectivity index (χ1n) is 5.44. The third kappa shape index (κ3) is 5.20. The SMILES string of the molecule is Cc1ccc(C(=O)NCC(C)(C)N)cc1C.Cl. The molecule has 0 aliphatic carbocycles. The summed E-state index contributed by atoms with van der Waals surface area (Å²) in [5.41, 5.74) is 8.42. The number of nitrogens with one attached hydrogen (secondary N) is 1. The van der Waals surface area contributed by atoms with Crippen LogP contribution in [0, 0.1) is 13.8 Å². The van der Waals surface area contributed by atoms with E-state index >= 15 is 0 Å². The number of benzene rings is 1. The van der Waals surface area contributed by atoms with Gasteiger partial charge in [0, 0.05) is 17.6 Å². The normalized spacial score (nSPS) is 10.6. The van der Waals surface area contributed by atoms with Crippen molar-refractivity contribution in [3.05, 3.63) is 34.9 Å². The largest absolute Gasteiger partial charge is 0.350 e. The molecule has 96 valence electrons. The maximum Gasteiger partial charge on any atom is 0.251 e. The third-order valence-electron chi connectivity index (χ3n) is 2.47. The zero-order valence-electron chi connectivity index (χ0n) is 10.8. The molecule has 3 nitrogen and oxygen atoms in total. The summed E-state index contributed by atoms with van der Waals surface area (Å²) in [5, 5.41) is 2.82. The van der Waals surface area contributed by atoms with Crippen LogP contribution in [-0.2, 0) is 0 Å². The van der Waals surface area contributed by atoms with Gasteiger partial charge in [-0.05, 0) is 51.0 Å². The van der Waals surface area contributed by atoms with Crippen molar-refractivity contribution in [2.75, 3.05) is 6.54 Å². The van der Waals surface area contributed by atoms with Crippen LogP contribution in [0.2, 0.25) is 0 Å². The monoisotopic (exact) mass is 256 g/mol. The maximum atomic E-state index is 11.8. The highest BCUT2D eigenvalue weighted by Gasteiger charge is 2.13. The van der Waals surface area contributed by atoms with Crippen molar-refractivity contribution in [1.29, 1.82) is 0 Å². The van der Waals surface area contributed by atoms with E-state index in [1.165, 1.54) is 5.56 Å². The molecule has 3 N–H and O–H groups in total. The lowest BCUT2D eigenvalue weighted by molar-refractivity contribution is 0.0946. The molecule has 4 heteroatoms. The number of hydrogen-bond donors (Lipinski definition) is 2. The number of aryl methyl sites for hydroxylation is 2. The zero-order chi connectivity index (χ0) is 12.3. The lowest BCUT2D eigenvalue weighted by Crippen LogP contribution is -2.45. The van der Waals surface area contributed by atoms with Gasteiger partial charge in [-0.25, -0.2) is 0 Å². The van der Waals surface area contributed by atoms with Crippen LogP contribution in [-0.4, -0.2) is 18.0 Å². The van der Waals surface area contributed by atoms with E-state index in [0.717, 1.165) is 5.56 Å². The minimum absolute atomic E-state index is 0. The second kappa shape index (κ2) is 6.03. The van der Waals surface area contributed by atoms with E-state index < -0.39 is 0 Å². The highest BCUT2D eigenvalue weighted by Crippen LogP contribution is 2.09. The van der Waals surface area contributed by atoms with Crippen molar-refractivity contribution >= 4 is 18.3 Å². The van der Waals surface area contributed by atoms with Crippen molar-refractivity contribution in [2.24, 2.45) is 5.73 Å². The first-order chi connectivity index (χ1) is 7.29. The number of amides is 1. The van der Waals surface area contributed by atoms with Gasteiger partial charge in [0.15, 0.2) is 0 Å². The van der Waals surface area contributed by atoms with Crippen LogP contribution in [0.5, 0.6) is 0 Å². The minimum Gasteiger partial charge on any atom is -0.350 e. The summed E-state index contributed by atoms with van der Waals surface area (Å²) in [6, 6.07) is 5.69. The van der Waals surface area contributed by atoms with Gasteiger partial charge in [-0.2, -0.15) is 0 Å². The Bertz CT molecular complexity index is 397. The first kappa shape index (κ1) is 15.9. The molecular weight excluding hydrogens is 236 g/mol. The Kier molecular flexibility index (Phi) is 5.66. The molecule has 0 aliphatic rings. The van der Waals surface area contributed by atoms with Gasteiger partial charge < -0.3 is 11.1 Å². The van der Waals surface area contributed by atoms with Crippen LogP contribution in [0.3, 0.4) is 0 Å². The summed E-state index contributed by atoms with van der Waals surface area (Å²) < 4.78 is 0. The molecule has 0 aliphatic heterocycles. The van der Waals surface area contributed by atoms with E-state index in [1.807, 2.05) is 45.9 Å². The van der Waals surface area contributed by atoms with Crippen LogP contribution in [0.25, 0.3) is 0 Å². The van der Waals surface area contributed by atoms with Gasteiger partial charge in [0.2, 0.25) is 0 Å². The van der Waals surface area contributed by atoms with Gasteiger partial charge in [-0.3, -0.25) is 4.79 Å². The second-order valence-electron chi connectivity index (χ2n) is 4.97. The predicted molar refractivity (Wildman–Crippen MR) is 73.8 cm³/mol. The van der Waals surface area contributed by atoms with Gasteiger partial charge in [0.05, 0.1) is 0 Å². The molecule has 1 aromatic rings. The number of rotatable bonds is 3. The molecule has 0 spiro atoms. The molecule has 1 amide bonds. The molecule has 0 saturated heterocycles. The number of nitrogens with two attached hydrogens (primary N) is 1. The van der Waals surface area contributed by atoms with Gasteiger partial charge in [-0.15, -0.1) is 12.4 Å². The highest BCUT2D eigenvalue weighted by atomic mass is 35.5. The van der Waals surface area contributed by atoms with Crippen molar-refractivity contribution in [1.82, 2.24) is 5.32 Å². The van der Waals surface area contributed by atoms with Crippen LogP contribution in [0.1, 0.15) is 35.3 Å². The standard InChI is InChI=1S/C13H20N2O.ClH/c1-9-5-6-11(7-10(9)2)12(16)15-8-13(3,4)14;/h5-7H,8,14H2,1-4H3,(H,15,16);1H. The first-order valence-corrected chi connectivity index (χ1v) is 5.44. The van der Waals surface area contributed by atoms with E-state index in [1.54, 1.807) is 0 Å². The smallest absolute Gasteiger partial charge is 0.251 e. The molecular formula is C13H21ClN2O. The quantitative estimate of drug-likeness (QED) is 0.871. The topological polar surface area (TPSA) is 55.1 Å². The van der Waals surface area contributed by atoms with E-state index in [2.05, 4.69) is 5.32 Å². The molecule has 0 aromatic heterocycles. The van der Waals surface area contributed by atoms with E-state index in [4.69, 9.17) is 5.73 Å². The minimum atomic E-state index is -0.380. The summed E-state index contributed by atoms with van der Waals surface area (Å²) in [6.07, 6.45) is 0. The fourth-order valence-corrected chi connectivity index (χ4v) is 1.29. The Hall–Kier alpha value is -1.06. The van der Waals surface area contributed by atoms with Crippen LogP contribution in [0.4, 0.5) is 0 Å². The Balaban J connectivity index is 0.00000256. The molecule has 0 saturated carbocycles. The fourth-order valence-electron chi connectivity index (χ4n) is 1.29. The summed E-state index contributed by atoms with van der Waals surface area (Å²) in [7, 11) is 0. The molecule has 1 rings (SSSR count). The zero-order valence-corrected chi connectivity index (χ0v) is 11.6. The van der Waals surface area contributed by atoms with Gasteiger partial charge in [0.1, 0.15) is 0 Å². The molecule has 0 radical (unpaired) electrons. The van der Waals surface area contributed by atoms with E-state index in [-0.39, 0.29) is 23.9 Å². The molecule has 17 heavy (non-hydrogen) atoms. The Morgan fingerprint density at radius 3 is 2.35 bits per heavy atom. The van der Waals surface area contributed by atoms with E-state index in [9.17, 15) is 4.79 Å². The van der Waals surface area contributed by atoms with Gasteiger partial charge in [-0.1, -0.05) is 6.07 Å². The van der Waals surface area contributed by atoms with Crippen molar-refractivity contribution < 1.29 is 4.79 Å². The van der Waals surface area contributed by atoms with Crippen molar-refractivity contribution in [3.8, 4) is 0 Å². The van der Waals surface area contributed by atoms with Gasteiger partial charge >= 0.3 is 0 Å². The van der Waals surface area contributed by atoms with Crippen LogP contribution < -0.4 is 11.1 Å². The number of halogens is 1. The molecule has 0 atom stereocenters. The average molecular weight is 257 g/mol. The van der Waals surface area contributed by atoms with Crippen molar-refractivity contribution in [3.63, 3.8) is 0 Å². The van der Waals surface area contributed by atoms with Crippen LogP contribution >= 0.6 is 12.4 Å². The van der Waals surface area contributed by atoms with Crippen molar-refractivity contribution in [2.45, 2.75) is 33.2 Å². The van der Waals surface area contributed by atoms with Crippen LogP contribution in [0.15, 0.2) is 18.2 Å². The van der Waals surface area contributed by atoms with Gasteiger partial charge in [0.25, 0.3) is 5.91 Å². The Morgan fingerprint density at radius 2 is 1.88 bits per heavy atom. The summed E-state index contributed by atoms with van der Waals surface area (Å²) in [4.78, 5) is 11.8. The molecule has 1 aromatic carbocycles. The Morgan fingerprint density at radius 1 is 1.29 bits per heavy atom. The second-order valence-corrected chi connectivity index (χ2v) is 4.97. The third-order valence-corrected chi connectivity index (χ3v) is 2.47. The van der Waals surface area contributed by atoms with E-state index in [0.29, 0.717) is 12.1 Å². The lowest BCUT2D eigenvalue weighted by Gasteiger charge is -2.19. The number of carbonyl (C=O) groups is 1. The molecule has 0 bridgehead atoms. The molecule has 0 heterocycles. The number of carbonyl (C=O) groups excluding carboxylic acids is 1. The molecule has 0 fully saturated rings. The number of hydrogen-bond acceptors (Lipinski definition) is 2. The Labute approximate surface area is 109 Å². The molecule has 0 unspecified atom stereocenters. The lowest BCUT2D eigenvalue weighted by atomic mass is 10.0. The summed E-state index contributed by atoms with van der Waals surface area (Å²) >= 11 is 0. The summed E-state index contributed by atoms with van der Waals surface area (Å²) in [6.45, 7) is 8.26. The highest BCUT2D eigenvalue weighted by molar-refractivity contribution is 5.94. The predicted octanol–water partition coefficient (Wildman–Crippen LogP) is 2.19. The summed E-state index contributed by atoms with van der Waals surface area (Å²) in [5.74, 6) is -0.0679. The fraction of sp³-hybridized carbons (Fsp3) is 0.462.